The molecule has 168 valence electrons. The molecule has 3 aromatic rings. The molecule has 0 amide bonds. The number of fused-ring (bicyclic) bond motifs is 1. The highest BCUT2D eigenvalue weighted by molar-refractivity contribution is 7.07. The minimum atomic E-state index is -0.732. The second-order valence-corrected chi connectivity index (χ2v) is 8.34. The number of nitrogens with zero attached hydrogens (tertiary/aromatic N) is 2. The molecule has 33 heavy (non-hydrogen) atoms. The normalized spacial score (nSPS) is 15.6. The molecule has 1 aliphatic rings. The highest BCUT2D eigenvalue weighted by Gasteiger charge is 2.33. The molecule has 0 saturated carbocycles. The van der Waals surface area contributed by atoms with Crippen molar-refractivity contribution in [1.82, 2.24) is 4.57 Å². The lowest BCUT2D eigenvalue weighted by atomic mass is 9.95. The molecule has 1 atom stereocenters. The Balaban J connectivity index is 1.92. The first kappa shape index (κ1) is 22.4. The van der Waals surface area contributed by atoms with Gasteiger partial charge >= 0.3 is 11.9 Å². The lowest BCUT2D eigenvalue weighted by molar-refractivity contribution is -0.139. The predicted octanol–water partition coefficient (Wildman–Crippen LogP) is 2.58. The van der Waals surface area contributed by atoms with E-state index in [2.05, 4.69) is 4.99 Å². The SMILES string of the molecule is CCOC(=O)C1=C(C)N=c2sc(=Cc3ccccc3)c(=O)n2C1c1ccc(C(=O)OC)cc1. The maximum atomic E-state index is 13.5. The van der Waals surface area contributed by atoms with Crippen LogP contribution in [0, 0.1) is 0 Å². The first-order chi connectivity index (χ1) is 15.9. The Bertz CT molecular complexity index is 1420. The monoisotopic (exact) mass is 462 g/mol. The smallest absolute Gasteiger partial charge is 0.338 e. The zero-order valence-corrected chi connectivity index (χ0v) is 19.2. The molecule has 0 saturated heterocycles. The Morgan fingerprint density at radius 3 is 2.42 bits per heavy atom. The summed E-state index contributed by atoms with van der Waals surface area (Å²) in [7, 11) is 1.31. The number of methoxy groups -OCH3 is 1. The summed E-state index contributed by atoms with van der Waals surface area (Å²) < 4.78 is 12.1. The molecule has 0 aliphatic carbocycles. The van der Waals surface area contributed by atoms with Crippen molar-refractivity contribution in [1.29, 1.82) is 0 Å². The summed E-state index contributed by atoms with van der Waals surface area (Å²) in [6, 6.07) is 15.4. The van der Waals surface area contributed by atoms with Crippen molar-refractivity contribution in [3.05, 3.63) is 102 Å². The molecule has 0 bridgehead atoms. The van der Waals surface area contributed by atoms with Crippen molar-refractivity contribution in [3.63, 3.8) is 0 Å². The van der Waals surface area contributed by atoms with Crippen LogP contribution in [-0.4, -0.2) is 30.2 Å². The standard InChI is InChI=1S/C25H22N2O5S/c1-4-32-24(30)20-15(2)26-25-27(21(20)17-10-12-18(13-11-17)23(29)31-3)22(28)19(33-25)14-16-8-6-5-7-9-16/h5-14,21H,4H2,1-3H3. The van der Waals surface area contributed by atoms with E-state index >= 15 is 0 Å². The fourth-order valence-corrected chi connectivity index (χ4v) is 4.77. The number of hydrogen-bond acceptors (Lipinski definition) is 7. The summed E-state index contributed by atoms with van der Waals surface area (Å²) >= 11 is 1.27. The summed E-state index contributed by atoms with van der Waals surface area (Å²) in [4.78, 5) is 43.3. The van der Waals surface area contributed by atoms with E-state index in [0.29, 0.717) is 31.7 Å². The molecule has 1 aliphatic heterocycles. The largest absolute Gasteiger partial charge is 0.465 e. The topological polar surface area (TPSA) is 87.0 Å². The molecule has 0 radical (unpaired) electrons. The van der Waals surface area contributed by atoms with Gasteiger partial charge in [0.05, 0.1) is 41.1 Å². The van der Waals surface area contributed by atoms with Crippen molar-refractivity contribution in [3.8, 4) is 0 Å². The molecule has 2 aromatic carbocycles. The number of carbonyl (C=O) groups excluding carboxylic acids is 2. The summed E-state index contributed by atoms with van der Waals surface area (Å²) in [5.41, 5.74) is 2.45. The quantitative estimate of drug-likeness (QED) is 0.544. The Labute approximate surface area is 193 Å². The number of carbonyl (C=O) groups is 2. The summed E-state index contributed by atoms with van der Waals surface area (Å²) in [5.74, 6) is -0.996. The van der Waals surface area contributed by atoms with Gasteiger partial charge in [0.2, 0.25) is 0 Å². The van der Waals surface area contributed by atoms with E-state index in [4.69, 9.17) is 9.47 Å². The fraction of sp³-hybridized carbons (Fsp3) is 0.200. The number of allylic oxidation sites excluding steroid dienone is 1. The molecule has 2 heterocycles. The van der Waals surface area contributed by atoms with E-state index in [-0.39, 0.29) is 12.2 Å². The molecule has 0 N–H and O–H groups in total. The Morgan fingerprint density at radius 1 is 1.09 bits per heavy atom. The number of thiazole rings is 1. The zero-order valence-electron chi connectivity index (χ0n) is 18.4. The highest BCUT2D eigenvalue weighted by atomic mass is 32.1. The Hall–Kier alpha value is -3.78. The van der Waals surface area contributed by atoms with E-state index in [1.165, 1.54) is 23.0 Å². The van der Waals surface area contributed by atoms with Crippen LogP contribution in [0.15, 0.2) is 75.7 Å². The van der Waals surface area contributed by atoms with Crippen LogP contribution in [0.4, 0.5) is 0 Å². The van der Waals surface area contributed by atoms with E-state index in [9.17, 15) is 14.4 Å². The van der Waals surface area contributed by atoms with E-state index in [1.807, 2.05) is 36.4 Å². The van der Waals surface area contributed by atoms with Crippen LogP contribution >= 0.6 is 11.3 Å². The molecular formula is C25H22N2O5S. The van der Waals surface area contributed by atoms with Gasteiger partial charge in [0.25, 0.3) is 5.56 Å². The van der Waals surface area contributed by atoms with Gasteiger partial charge in [-0.25, -0.2) is 14.6 Å². The van der Waals surface area contributed by atoms with Crippen molar-refractivity contribution >= 4 is 29.4 Å². The van der Waals surface area contributed by atoms with Crippen LogP contribution in [-0.2, 0) is 14.3 Å². The molecule has 1 unspecified atom stereocenters. The number of rotatable bonds is 5. The Morgan fingerprint density at radius 2 is 1.79 bits per heavy atom. The molecule has 0 fully saturated rings. The van der Waals surface area contributed by atoms with E-state index in [0.717, 1.165) is 5.56 Å². The minimum Gasteiger partial charge on any atom is -0.465 e. The van der Waals surface area contributed by atoms with E-state index in [1.54, 1.807) is 38.1 Å². The van der Waals surface area contributed by atoms with Gasteiger partial charge in [0, 0.05) is 0 Å². The van der Waals surface area contributed by atoms with Crippen LogP contribution < -0.4 is 14.9 Å². The van der Waals surface area contributed by atoms with Gasteiger partial charge in [-0.05, 0) is 43.2 Å². The summed E-state index contributed by atoms with van der Waals surface area (Å²) in [6.45, 7) is 3.65. The minimum absolute atomic E-state index is 0.196. The van der Waals surface area contributed by atoms with Gasteiger partial charge in [-0.3, -0.25) is 9.36 Å². The third kappa shape index (κ3) is 4.29. The molecular weight excluding hydrogens is 440 g/mol. The third-order valence-corrected chi connectivity index (χ3v) is 6.24. The maximum absolute atomic E-state index is 13.5. The zero-order chi connectivity index (χ0) is 23.5. The predicted molar refractivity (Wildman–Crippen MR) is 125 cm³/mol. The van der Waals surface area contributed by atoms with Crippen molar-refractivity contribution < 1.29 is 19.1 Å². The van der Waals surface area contributed by atoms with Crippen LogP contribution in [0.2, 0.25) is 0 Å². The average molecular weight is 463 g/mol. The summed E-state index contributed by atoms with van der Waals surface area (Å²) in [5, 5.41) is 0. The lowest BCUT2D eigenvalue weighted by Crippen LogP contribution is -2.39. The number of esters is 2. The average Bonchev–Trinajstić information content (AvgIpc) is 3.13. The highest BCUT2D eigenvalue weighted by Crippen LogP contribution is 2.30. The molecule has 4 rings (SSSR count). The van der Waals surface area contributed by atoms with Crippen LogP contribution in [0.1, 0.15) is 41.4 Å². The number of ether oxygens (including phenoxy) is 2. The van der Waals surface area contributed by atoms with Crippen molar-refractivity contribution in [2.24, 2.45) is 4.99 Å². The fourth-order valence-electron chi connectivity index (χ4n) is 3.73. The van der Waals surface area contributed by atoms with Crippen LogP contribution in [0.3, 0.4) is 0 Å². The molecule has 8 heteroatoms. The van der Waals surface area contributed by atoms with Crippen molar-refractivity contribution in [2.45, 2.75) is 19.9 Å². The Kier molecular flexibility index (Phi) is 6.37. The number of aromatic nitrogens is 1. The first-order valence-corrected chi connectivity index (χ1v) is 11.2. The van der Waals surface area contributed by atoms with Gasteiger partial charge in [-0.2, -0.15) is 0 Å². The van der Waals surface area contributed by atoms with Gasteiger partial charge in [0.1, 0.15) is 0 Å². The van der Waals surface area contributed by atoms with Crippen LogP contribution in [0.25, 0.3) is 6.08 Å². The van der Waals surface area contributed by atoms with E-state index < -0.39 is 18.0 Å². The van der Waals surface area contributed by atoms with Gasteiger partial charge in [-0.1, -0.05) is 53.8 Å². The first-order valence-electron chi connectivity index (χ1n) is 10.4. The third-order valence-electron chi connectivity index (χ3n) is 5.26. The second kappa shape index (κ2) is 9.38. The number of benzene rings is 2. The summed E-state index contributed by atoms with van der Waals surface area (Å²) in [6.07, 6.45) is 1.81. The van der Waals surface area contributed by atoms with Crippen molar-refractivity contribution in [2.75, 3.05) is 13.7 Å². The number of hydrogen-bond donors (Lipinski definition) is 0. The molecule has 7 nitrogen and oxygen atoms in total. The van der Waals surface area contributed by atoms with Gasteiger partial charge < -0.3 is 9.47 Å². The van der Waals surface area contributed by atoms with Gasteiger partial charge in [0.15, 0.2) is 4.80 Å². The van der Waals surface area contributed by atoms with Crippen LogP contribution in [0.5, 0.6) is 0 Å². The van der Waals surface area contributed by atoms with Gasteiger partial charge in [-0.15, -0.1) is 0 Å². The second-order valence-electron chi connectivity index (χ2n) is 7.33. The lowest BCUT2D eigenvalue weighted by Gasteiger charge is -2.24. The molecule has 1 aromatic heterocycles. The molecule has 0 spiro atoms. The maximum Gasteiger partial charge on any atom is 0.338 e.